The van der Waals surface area contributed by atoms with Crippen molar-refractivity contribution in [2.75, 3.05) is 7.11 Å². The summed E-state index contributed by atoms with van der Waals surface area (Å²) in [5, 5.41) is 11.8. The number of phenolic OH excluding ortho intramolecular Hbond substituents is 1. The molecule has 3 aromatic rings. The number of benzene rings is 2. The van der Waals surface area contributed by atoms with Gasteiger partial charge in [0.2, 0.25) is 0 Å². The van der Waals surface area contributed by atoms with E-state index in [0.717, 1.165) is 16.5 Å². The summed E-state index contributed by atoms with van der Waals surface area (Å²) in [6.45, 7) is 3.84. The van der Waals surface area contributed by atoms with Crippen LogP contribution in [0, 0.1) is 0 Å². The molecule has 0 fully saturated rings. The van der Waals surface area contributed by atoms with Crippen LogP contribution in [0.2, 0.25) is 0 Å². The van der Waals surface area contributed by atoms with Gasteiger partial charge in [0.25, 0.3) is 0 Å². The molecule has 1 N–H and O–H groups in total. The van der Waals surface area contributed by atoms with Crippen LogP contribution < -0.4 is 9.47 Å². The fourth-order valence-corrected chi connectivity index (χ4v) is 3.64. The molecule has 1 aliphatic rings. The standard InChI is InChI=1S/C24H23NO4/c1-24(2)12-11-17-20(29-24)13-21(28-4)22(23(17)27)19(26)10-9-15-14-25(3)18-8-6-5-7-16(15)18/h5-14,27H,1-4H3/b10-9+. The van der Waals surface area contributed by atoms with Crippen LogP contribution in [-0.4, -0.2) is 28.2 Å². The topological polar surface area (TPSA) is 60.7 Å². The highest BCUT2D eigenvalue weighted by molar-refractivity contribution is 6.12. The number of fused-ring (bicyclic) bond motifs is 2. The lowest BCUT2D eigenvalue weighted by Gasteiger charge is -2.29. The van der Waals surface area contributed by atoms with E-state index in [-0.39, 0.29) is 22.8 Å². The molecular weight excluding hydrogens is 366 g/mol. The summed E-state index contributed by atoms with van der Waals surface area (Å²) in [5.74, 6) is 0.286. The predicted molar refractivity (Wildman–Crippen MR) is 115 cm³/mol. The maximum Gasteiger partial charge on any atom is 0.193 e. The monoisotopic (exact) mass is 389 g/mol. The van der Waals surface area contributed by atoms with Gasteiger partial charge in [-0.1, -0.05) is 18.2 Å². The van der Waals surface area contributed by atoms with Gasteiger partial charge < -0.3 is 19.1 Å². The predicted octanol–water partition coefficient (Wildman–Crippen LogP) is 4.97. The maximum atomic E-state index is 13.0. The molecule has 5 heteroatoms. The molecule has 29 heavy (non-hydrogen) atoms. The minimum absolute atomic E-state index is 0.121. The summed E-state index contributed by atoms with van der Waals surface area (Å²) < 4.78 is 13.3. The van der Waals surface area contributed by atoms with Crippen LogP contribution in [0.25, 0.3) is 23.1 Å². The zero-order valence-electron chi connectivity index (χ0n) is 16.9. The molecule has 0 atom stereocenters. The number of nitrogens with zero attached hydrogens (tertiary/aromatic N) is 1. The van der Waals surface area contributed by atoms with E-state index in [1.54, 1.807) is 18.2 Å². The molecule has 148 valence electrons. The fourth-order valence-electron chi connectivity index (χ4n) is 3.64. The minimum atomic E-state index is -0.496. The van der Waals surface area contributed by atoms with Crippen LogP contribution in [0.5, 0.6) is 17.2 Å². The lowest BCUT2D eigenvalue weighted by Crippen LogP contribution is -2.27. The second-order valence-electron chi connectivity index (χ2n) is 7.66. The van der Waals surface area contributed by atoms with E-state index in [0.29, 0.717) is 11.3 Å². The molecule has 0 saturated carbocycles. The Morgan fingerprint density at radius 3 is 2.79 bits per heavy atom. The molecule has 1 aliphatic heterocycles. The zero-order valence-corrected chi connectivity index (χ0v) is 16.9. The van der Waals surface area contributed by atoms with Gasteiger partial charge in [0.15, 0.2) is 5.78 Å². The van der Waals surface area contributed by atoms with Crippen molar-refractivity contribution in [3.05, 3.63) is 65.4 Å². The van der Waals surface area contributed by atoms with Gasteiger partial charge in [0, 0.05) is 35.8 Å². The molecule has 0 saturated heterocycles. The fraction of sp³-hybridized carbons (Fsp3) is 0.208. The lowest BCUT2D eigenvalue weighted by molar-refractivity contribution is 0.104. The molecule has 0 bridgehead atoms. The van der Waals surface area contributed by atoms with Gasteiger partial charge in [-0.15, -0.1) is 0 Å². The second kappa shape index (κ2) is 6.85. The Kier molecular flexibility index (Phi) is 4.46. The number of para-hydroxylation sites is 1. The quantitative estimate of drug-likeness (QED) is 0.505. The molecule has 2 aromatic carbocycles. The van der Waals surface area contributed by atoms with Crippen LogP contribution in [0.4, 0.5) is 0 Å². The van der Waals surface area contributed by atoms with Crippen LogP contribution >= 0.6 is 0 Å². The van der Waals surface area contributed by atoms with E-state index in [2.05, 4.69) is 0 Å². The number of carbonyl (C=O) groups excluding carboxylic acids is 1. The zero-order chi connectivity index (χ0) is 20.8. The number of aromatic hydroxyl groups is 1. The Balaban J connectivity index is 1.74. The van der Waals surface area contributed by atoms with E-state index in [4.69, 9.17) is 9.47 Å². The Labute approximate surface area is 169 Å². The van der Waals surface area contributed by atoms with E-state index >= 15 is 0 Å². The number of hydrogen-bond acceptors (Lipinski definition) is 4. The average molecular weight is 389 g/mol. The molecule has 0 radical (unpaired) electrons. The van der Waals surface area contributed by atoms with Crippen molar-refractivity contribution in [1.29, 1.82) is 0 Å². The molecule has 0 amide bonds. The van der Waals surface area contributed by atoms with Gasteiger partial charge in [0.1, 0.15) is 28.4 Å². The third-order valence-corrected chi connectivity index (χ3v) is 5.10. The lowest BCUT2D eigenvalue weighted by atomic mass is 9.97. The van der Waals surface area contributed by atoms with Crippen LogP contribution in [0.15, 0.2) is 48.7 Å². The van der Waals surface area contributed by atoms with Crippen LogP contribution in [-0.2, 0) is 7.05 Å². The van der Waals surface area contributed by atoms with Crippen LogP contribution in [0.3, 0.4) is 0 Å². The third-order valence-electron chi connectivity index (χ3n) is 5.10. The van der Waals surface area contributed by atoms with E-state index in [1.165, 1.54) is 13.2 Å². The van der Waals surface area contributed by atoms with Gasteiger partial charge in [0.05, 0.1) is 12.7 Å². The van der Waals surface area contributed by atoms with E-state index < -0.39 is 5.60 Å². The number of rotatable bonds is 4. The number of allylic oxidation sites excluding steroid dienone is 1. The summed E-state index contributed by atoms with van der Waals surface area (Å²) in [6, 6.07) is 9.64. The number of ether oxygens (including phenoxy) is 2. The number of phenols is 1. The number of carbonyl (C=O) groups is 1. The second-order valence-corrected chi connectivity index (χ2v) is 7.66. The average Bonchev–Trinajstić information content (AvgIpc) is 3.01. The minimum Gasteiger partial charge on any atom is -0.506 e. The van der Waals surface area contributed by atoms with Crippen molar-refractivity contribution in [2.24, 2.45) is 7.05 Å². The van der Waals surface area contributed by atoms with Gasteiger partial charge >= 0.3 is 0 Å². The highest BCUT2D eigenvalue weighted by Gasteiger charge is 2.28. The Morgan fingerprint density at radius 2 is 2.03 bits per heavy atom. The molecule has 0 aliphatic carbocycles. The van der Waals surface area contributed by atoms with Crippen molar-refractivity contribution in [1.82, 2.24) is 4.57 Å². The van der Waals surface area contributed by atoms with Gasteiger partial charge in [-0.05, 0) is 44.2 Å². The van der Waals surface area contributed by atoms with Gasteiger partial charge in [-0.25, -0.2) is 0 Å². The highest BCUT2D eigenvalue weighted by atomic mass is 16.5. The van der Waals surface area contributed by atoms with Crippen molar-refractivity contribution >= 4 is 28.8 Å². The Hall–Kier alpha value is -3.47. The van der Waals surface area contributed by atoms with E-state index in [1.807, 2.05) is 62.0 Å². The van der Waals surface area contributed by atoms with Crippen molar-refractivity contribution in [2.45, 2.75) is 19.4 Å². The SMILES string of the molecule is COc1cc2c(c(O)c1C(=O)/C=C/c1cn(C)c3ccccc13)C=CC(C)(C)O2. The Morgan fingerprint density at radius 1 is 1.28 bits per heavy atom. The maximum absolute atomic E-state index is 13.0. The van der Waals surface area contributed by atoms with Gasteiger partial charge in [-0.3, -0.25) is 4.79 Å². The summed E-state index contributed by atoms with van der Waals surface area (Å²) in [5.41, 5.74) is 2.11. The molecular formula is C24H23NO4. The number of aromatic nitrogens is 1. The Bertz CT molecular complexity index is 1180. The van der Waals surface area contributed by atoms with Gasteiger partial charge in [-0.2, -0.15) is 0 Å². The van der Waals surface area contributed by atoms with Crippen molar-refractivity contribution in [3.8, 4) is 17.2 Å². The normalized spacial score (nSPS) is 14.8. The number of methoxy groups -OCH3 is 1. The molecule has 1 aromatic heterocycles. The van der Waals surface area contributed by atoms with Crippen molar-refractivity contribution < 1.29 is 19.4 Å². The first-order valence-corrected chi connectivity index (χ1v) is 9.39. The van der Waals surface area contributed by atoms with Crippen LogP contribution in [0.1, 0.15) is 35.3 Å². The largest absolute Gasteiger partial charge is 0.506 e. The number of aryl methyl sites for hydroxylation is 1. The summed E-state index contributed by atoms with van der Waals surface area (Å²) in [4.78, 5) is 13.0. The third kappa shape index (κ3) is 3.29. The first-order valence-electron chi connectivity index (χ1n) is 9.39. The van der Waals surface area contributed by atoms with E-state index in [9.17, 15) is 9.90 Å². The molecule has 0 spiro atoms. The smallest absolute Gasteiger partial charge is 0.193 e. The molecule has 4 rings (SSSR count). The summed E-state index contributed by atoms with van der Waals surface area (Å²) in [6.07, 6.45) is 8.82. The first kappa shape index (κ1) is 18.9. The first-order chi connectivity index (χ1) is 13.8. The number of hydrogen-bond donors (Lipinski definition) is 1. The highest BCUT2D eigenvalue weighted by Crippen LogP contribution is 2.43. The molecule has 2 heterocycles. The molecule has 5 nitrogen and oxygen atoms in total. The summed E-state index contributed by atoms with van der Waals surface area (Å²) >= 11 is 0. The summed E-state index contributed by atoms with van der Waals surface area (Å²) in [7, 11) is 3.43. The van der Waals surface area contributed by atoms with Crippen molar-refractivity contribution in [3.63, 3.8) is 0 Å². The number of ketones is 1. The molecule has 0 unspecified atom stereocenters.